The lowest BCUT2D eigenvalue weighted by atomic mass is 9.98. The highest BCUT2D eigenvalue weighted by atomic mass is 15.2. The van der Waals surface area contributed by atoms with Gasteiger partial charge in [-0.05, 0) is 55.6 Å². The summed E-state index contributed by atoms with van der Waals surface area (Å²) in [5, 5.41) is 11.3. The van der Waals surface area contributed by atoms with E-state index in [4.69, 9.17) is 5.73 Å². The molecule has 16 heavy (non-hydrogen) atoms. The van der Waals surface area contributed by atoms with Crippen LogP contribution in [0.2, 0.25) is 0 Å². The molecule has 2 aliphatic rings. The number of nitrogens with zero attached hydrogens (tertiary/aromatic N) is 2. The molecule has 2 saturated carbocycles. The van der Waals surface area contributed by atoms with Crippen LogP contribution in [-0.2, 0) is 0 Å². The van der Waals surface area contributed by atoms with Crippen LogP contribution < -0.4 is 11.1 Å². The molecule has 0 aromatic carbocycles. The summed E-state index contributed by atoms with van der Waals surface area (Å²) in [6, 6.07) is 3.69. The van der Waals surface area contributed by atoms with Crippen molar-refractivity contribution >= 4 is 11.6 Å². The van der Waals surface area contributed by atoms with Crippen LogP contribution in [0.3, 0.4) is 0 Å². The molecule has 1 aromatic rings. The summed E-state index contributed by atoms with van der Waals surface area (Å²) in [6.45, 7) is 1.05. The van der Waals surface area contributed by atoms with Gasteiger partial charge in [0.25, 0.3) is 0 Å². The Bertz CT molecular complexity index is 342. The number of nitrogens with one attached hydrogen (secondary N) is 1. The first-order valence-electron chi connectivity index (χ1n) is 6.16. The number of rotatable bonds is 5. The lowest BCUT2D eigenvalue weighted by Gasteiger charge is -2.16. The molecule has 0 saturated heterocycles. The van der Waals surface area contributed by atoms with Crippen LogP contribution in [0.4, 0.5) is 11.6 Å². The van der Waals surface area contributed by atoms with Gasteiger partial charge in [-0.2, -0.15) is 0 Å². The van der Waals surface area contributed by atoms with E-state index >= 15 is 0 Å². The van der Waals surface area contributed by atoms with Crippen molar-refractivity contribution < 1.29 is 0 Å². The van der Waals surface area contributed by atoms with Gasteiger partial charge in [0.1, 0.15) is 11.6 Å². The van der Waals surface area contributed by atoms with Gasteiger partial charge in [0.05, 0.1) is 0 Å². The molecule has 0 radical (unpaired) electrons. The molecule has 2 fully saturated rings. The van der Waals surface area contributed by atoms with E-state index < -0.39 is 0 Å². The fourth-order valence-electron chi connectivity index (χ4n) is 2.43. The predicted octanol–water partition coefficient (Wildman–Crippen LogP) is 1.91. The monoisotopic (exact) mass is 218 g/mol. The highest BCUT2D eigenvalue weighted by Crippen LogP contribution is 2.49. The standard InChI is InChI=1S/C12H18N4/c13-11-5-6-12(16-15-11)14-7-10(8-1-2-8)9-3-4-9/h5-6,8-10H,1-4,7H2,(H2,13,15)(H,14,16). The number of nitrogen functional groups attached to an aromatic ring is 1. The van der Waals surface area contributed by atoms with Crippen LogP contribution in [0.15, 0.2) is 12.1 Å². The van der Waals surface area contributed by atoms with E-state index in [0.717, 1.165) is 30.1 Å². The van der Waals surface area contributed by atoms with Crippen molar-refractivity contribution in [3.8, 4) is 0 Å². The van der Waals surface area contributed by atoms with E-state index in [0.29, 0.717) is 5.82 Å². The minimum absolute atomic E-state index is 0.478. The minimum atomic E-state index is 0.478. The summed E-state index contributed by atoms with van der Waals surface area (Å²) in [5.41, 5.74) is 5.50. The van der Waals surface area contributed by atoms with Gasteiger partial charge < -0.3 is 11.1 Å². The van der Waals surface area contributed by atoms with Gasteiger partial charge in [-0.25, -0.2) is 0 Å². The summed E-state index contributed by atoms with van der Waals surface area (Å²) < 4.78 is 0. The zero-order valence-electron chi connectivity index (χ0n) is 9.39. The first-order valence-corrected chi connectivity index (χ1v) is 6.16. The molecule has 0 unspecified atom stereocenters. The van der Waals surface area contributed by atoms with Gasteiger partial charge in [0.2, 0.25) is 0 Å². The molecule has 1 aromatic heterocycles. The third-order valence-corrected chi connectivity index (χ3v) is 3.66. The van der Waals surface area contributed by atoms with Gasteiger partial charge in [-0.1, -0.05) is 0 Å². The molecule has 0 spiro atoms. The van der Waals surface area contributed by atoms with Crippen LogP contribution in [0, 0.1) is 17.8 Å². The van der Waals surface area contributed by atoms with Crippen molar-refractivity contribution in [2.24, 2.45) is 17.8 Å². The summed E-state index contributed by atoms with van der Waals surface area (Å²) in [5.74, 6) is 4.13. The Morgan fingerprint density at radius 2 is 1.88 bits per heavy atom. The van der Waals surface area contributed by atoms with Gasteiger partial charge in [0, 0.05) is 6.54 Å². The Morgan fingerprint density at radius 1 is 1.19 bits per heavy atom. The first-order chi connectivity index (χ1) is 7.83. The third kappa shape index (κ3) is 2.26. The largest absolute Gasteiger partial charge is 0.382 e. The highest BCUT2D eigenvalue weighted by molar-refractivity contribution is 5.38. The Hall–Kier alpha value is -1.32. The number of nitrogens with two attached hydrogens (primary N) is 1. The lowest BCUT2D eigenvalue weighted by molar-refractivity contribution is 0.427. The molecular weight excluding hydrogens is 200 g/mol. The van der Waals surface area contributed by atoms with Gasteiger partial charge >= 0.3 is 0 Å². The molecule has 0 bridgehead atoms. The SMILES string of the molecule is Nc1ccc(NCC(C2CC2)C2CC2)nn1. The Balaban J connectivity index is 1.56. The molecule has 0 aliphatic heterocycles. The van der Waals surface area contributed by atoms with Crippen LogP contribution in [0.5, 0.6) is 0 Å². The molecular formula is C12H18N4. The zero-order chi connectivity index (χ0) is 11.0. The Labute approximate surface area is 95.6 Å². The van der Waals surface area contributed by atoms with E-state index in [9.17, 15) is 0 Å². The molecule has 0 atom stereocenters. The summed E-state index contributed by atoms with van der Waals surface area (Å²) in [7, 11) is 0. The number of aromatic nitrogens is 2. The van der Waals surface area contributed by atoms with Crippen LogP contribution in [0.1, 0.15) is 25.7 Å². The molecule has 0 amide bonds. The van der Waals surface area contributed by atoms with Crippen molar-refractivity contribution in [2.75, 3.05) is 17.6 Å². The average Bonchev–Trinajstić information content (AvgIpc) is 3.15. The summed E-state index contributed by atoms with van der Waals surface area (Å²) >= 11 is 0. The van der Waals surface area contributed by atoms with Crippen LogP contribution in [0.25, 0.3) is 0 Å². The second-order valence-corrected chi connectivity index (χ2v) is 5.06. The summed E-state index contributed by atoms with van der Waals surface area (Å²) in [6.07, 6.45) is 5.71. The Morgan fingerprint density at radius 3 is 2.38 bits per heavy atom. The predicted molar refractivity (Wildman–Crippen MR) is 63.9 cm³/mol. The van der Waals surface area contributed by atoms with Crippen molar-refractivity contribution in [2.45, 2.75) is 25.7 Å². The molecule has 86 valence electrons. The fraction of sp³-hybridized carbons (Fsp3) is 0.667. The maximum Gasteiger partial charge on any atom is 0.148 e. The topological polar surface area (TPSA) is 63.8 Å². The molecule has 4 heteroatoms. The second kappa shape index (κ2) is 3.92. The van der Waals surface area contributed by atoms with E-state index in [1.807, 2.05) is 6.07 Å². The molecule has 3 N–H and O–H groups in total. The number of hydrogen-bond acceptors (Lipinski definition) is 4. The highest BCUT2D eigenvalue weighted by Gasteiger charge is 2.40. The number of hydrogen-bond donors (Lipinski definition) is 2. The van der Waals surface area contributed by atoms with Crippen molar-refractivity contribution in [1.82, 2.24) is 10.2 Å². The smallest absolute Gasteiger partial charge is 0.148 e. The minimum Gasteiger partial charge on any atom is -0.382 e. The van der Waals surface area contributed by atoms with E-state index in [1.54, 1.807) is 6.07 Å². The normalized spacial score (nSPS) is 20.1. The van der Waals surface area contributed by atoms with E-state index in [-0.39, 0.29) is 0 Å². The maximum atomic E-state index is 5.50. The van der Waals surface area contributed by atoms with Crippen molar-refractivity contribution in [3.05, 3.63) is 12.1 Å². The Kier molecular flexibility index (Phi) is 2.42. The zero-order valence-corrected chi connectivity index (χ0v) is 9.39. The van der Waals surface area contributed by atoms with E-state index in [2.05, 4.69) is 15.5 Å². The van der Waals surface area contributed by atoms with Gasteiger partial charge in [-0.15, -0.1) is 10.2 Å². The van der Waals surface area contributed by atoms with Gasteiger partial charge in [0.15, 0.2) is 0 Å². The molecule has 2 aliphatic carbocycles. The first kappa shape index (κ1) is 9.87. The van der Waals surface area contributed by atoms with Crippen molar-refractivity contribution in [3.63, 3.8) is 0 Å². The summed E-state index contributed by atoms with van der Waals surface area (Å²) in [4.78, 5) is 0. The molecule has 3 rings (SSSR count). The molecule has 1 heterocycles. The van der Waals surface area contributed by atoms with Crippen LogP contribution >= 0.6 is 0 Å². The quantitative estimate of drug-likeness (QED) is 0.792. The van der Waals surface area contributed by atoms with Crippen molar-refractivity contribution in [1.29, 1.82) is 0 Å². The maximum absolute atomic E-state index is 5.50. The second-order valence-electron chi connectivity index (χ2n) is 5.06. The van der Waals surface area contributed by atoms with E-state index in [1.165, 1.54) is 25.7 Å². The molecule has 4 nitrogen and oxygen atoms in total. The fourth-order valence-corrected chi connectivity index (χ4v) is 2.43. The lowest BCUT2D eigenvalue weighted by Crippen LogP contribution is -2.19. The average molecular weight is 218 g/mol. The van der Waals surface area contributed by atoms with Gasteiger partial charge in [-0.3, -0.25) is 0 Å². The van der Waals surface area contributed by atoms with Crippen LogP contribution in [-0.4, -0.2) is 16.7 Å². The third-order valence-electron chi connectivity index (χ3n) is 3.66. The number of anilines is 2.